The maximum Gasteiger partial charge on any atom is 0.165 e. The number of aryl methyl sites for hydroxylation is 1. The summed E-state index contributed by atoms with van der Waals surface area (Å²) in [6.07, 6.45) is 18.0. The third-order valence-electron chi connectivity index (χ3n) is 9.54. The fourth-order valence-electron chi connectivity index (χ4n) is 7.92. The van der Waals surface area contributed by atoms with Crippen LogP contribution in [0.5, 0.6) is 0 Å². The first-order valence-corrected chi connectivity index (χ1v) is 11.7. The summed E-state index contributed by atoms with van der Waals surface area (Å²) in [4.78, 5) is 13.5. The van der Waals surface area contributed by atoms with E-state index in [1.807, 2.05) is 10.9 Å². The molecule has 1 heterocycles. The molecule has 0 saturated heterocycles. The van der Waals surface area contributed by atoms with Gasteiger partial charge in [0.15, 0.2) is 5.78 Å². The summed E-state index contributed by atoms with van der Waals surface area (Å²) in [6.45, 7) is 7.88. The van der Waals surface area contributed by atoms with Crippen molar-refractivity contribution in [3.8, 4) is 0 Å². The van der Waals surface area contributed by atoms with E-state index in [1.54, 1.807) is 0 Å². The Morgan fingerprint density at radius 1 is 1.14 bits per heavy atom. The smallest absolute Gasteiger partial charge is 0.165 e. The van der Waals surface area contributed by atoms with E-state index in [9.17, 15) is 4.79 Å². The van der Waals surface area contributed by atoms with E-state index in [4.69, 9.17) is 0 Å². The van der Waals surface area contributed by atoms with Gasteiger partial charge in [-0.1, -0.05) is 26.7 Å². The fourth-order valence-corrected chi connectivity index (χ4v) is 7.92. The molecule has 3 heteroatoms. The van der Waals surface area contributed by atoms with Gasteiger partial charge in [0.05, 0.1) is 6.20 Å². The van der Waals surface area contributed by atoms with Crippen molar-refractivity contribution in [3.63, 3.8) is 0 Å². The predicted molar refractivity (Wildman–Crippen MR) is 113 cm³/mol. The monoisotopic (exact) mass is 380 g/mol. The summed E-state index contributed by atoms with van der Waals surface area (Å²) in [7, 11) is 0. The molecule has 6 atom stereocenters. The van der Waals surface area contributed by atoms with Crippen molar-refractivity contribution in [2.24, 2.45) is 34.5 Å². The van der Waals surface area contributed by atoms with Crippen LogP contribution in [0.2, 0.25) is 0 Å². The standard InChI is InChI=1S/C25H36N2O/c1-4-27-16-17(15-26-27)13-18-14-22-20-9-8-19-7-5-6-11-24(19,2)21(20)10-12-25(22,3)23(18)28/h13,15-16,19-22H,4-12,14H2,1-3H3/b18-13+/t19-,20-,21+,22+,24+,25+/m1/s1. The van der Waals surface area contributed by atoms with Crippen LogP contribution in [-0.2, 0) is 11.3 Å². The summed E-state index contributed by atoms with van der Waals surface area (Å²) in [5.41, 5.74) is 2.58. The van der Waals surface area contributed by atoms with Crippen LogP contribution in [0.4, 0.5) is 0 Å². The van der Waals surface area contributed by atoms with Gasteiger partial charge in [-0.3, -0.25) is 9.48 Å². The Morgan fingerprint density at radius 3 is 2.79 bits per heavy atom. The molecular formula is C25H36N2O. The Morgan fingerprint density at radius 2 is 2.00 bits per heavy atom. The maximum atomic E-state index is 13.5. The number of hydrogen-bond acceptors (Lipinski definition) is 2. The van der Waals surface area contributed by atoms with E-state index in [0.717, 1.165) is 48.3 Å². The molecule has 1 aromatic rings. The SMILES string of the molecule is CCn1cc(/C=C2\C[C@H]3[C@@H]4CC[C@H]5CCCC[C@]5(C)[C@H]4CC[C@]3(C)C2=O)cn1. The molecule has 28 heavy (non-hydrogen) atoms. The first kappa shape index (κ1) is 18.6. The quantitative estimate of drug-likeness (QED) is 0.599. The van der Waals surface area contributed by atoms with Crippen LogP contribution in [0.25, 0.3) is 6.08 Å². The molecular weight excluding hydrogens is 344 g/mol. The molecule has 4 aliphatic carbocycles. The molecule has 4 fully saturated rings. The van der Waals surface area contributed by atoms with Gasteiger partial charge >= 0.3 is 0 Å². The van der Waals surface area contributed by atoms with Gasteiger partial charge in [0.25, 0.3) is 0 Å². The number of ketones is 1. The van der Waals surface area contributed by atoms with Crippen LogP contribution in [-0.4, -0.2) is 15.6 Å². The topological polar surface area (TPSA) is 34.9 Å². The van der Waals surface area contributed by atoms with Gasteiger partial charge in [-0.15, -0.1) is 0 Å². The van der Waals surface area contributed by atoms with Crippen LogP contribution in [0.1, 0.15) is 84.1 Å². The molecule has 152 valence electrons. The van der Waals surface area contributed by atoms with E-state index in [-0.39, 0.29) is 5.41 Å². The van der Waals surface area contributed by atoms with E-state index in [2.05, 4.69) is 38.1 Å². The van der Waals surface area contributed by atoms with E-state index in [1.165, 1.54) is 44.9 Å². The molecule has 4 saturated carbocycles. The van der Waals surface area contributed by atoms with Crippen LogP contribution in [0.3, 0.4) is 0 Å². The van der Waals surface area contributed by atoms with E-state index in [0.29, 0.717) is 17.1 Å². The molecule has 3 nitrogen and oxygen atoms in total. The van der Waals surface area contributed by atoms with Crippen LogP contribution >= 0.6 is 0 Å². The predicted octanol–water partition coefficient (Wildman–Crippen LogP) is 5.90. The molecule has 0 aromatic carbocycles. The number of aromatic nitrogens is 2. The number of hydrogen-bond donors (Lipinski definition) is 0. The van der Waals surface area contributed by atoms with Gasteiger partial charge in [0, 0.05) is 23.7 Å². The maximum absolute atomic E-state index is 13.5. The molecule has 0 N–H and O–H groups in total. The van der Waals surface area contributed by atoms with Gasteiger partial charge in [0.2, 0.25) is 0 Å². The second-order valence-electron chi connectivity index (χ2n) is 10.7. The average molecular weight is 381 g/mol. The highest BCUT2D eigenvalue weighted by Crippen LogP contribution is 2.66. The zero-order valence-electron chi connectivity index (χ0n) is 17.9. The first-order chi connectivity index (χ1) is 13.5. The van der Waals surface area contributed by atoms with Gasteiger partial charge in [-0.05, 0) is 92.6 Å². The van der Waals surface area contributed by atoms with Crippen LogP contribution < -0.4 is 0 Å². The Labute approximate surface area is 170 Å². The minimum Gasteiger partial charge on any atom is -0.294 e. The first-order valence-electron chi connectivity index (χ1n) is 11.7. The molecule has 0 bridgehead atoms. The highest BCUT2D eigenvalue weighted by atomic mass is 16.1. The molecule has 5 rings (SSSR count). The van der Waals surface area contributed by atoms with Crippen molar-refractivity contribution in [1.82, 2.24) is 9.78 Å². The van der Waals surface area contributed by atoms with E-state index >= 15 is 0 Å². The highest BCUT2D eigenvalue weighted by Gasteiger charge is 2.60. The lowest BCUT2D eigenvalue weighted by atomic mass is 9.45. The molecule has 0 unspecified atom stereocenters. The number of carbonyl (C=O) groups is 1. The summed E-state index contributed by atoms with van der Waals surface area (Å²) >= 11 is 0. The molecule has 0 spiro atoms. The minimum atomic E-state index is -0.119. The summed E-state index contributed by atoms with van der Waals surface area (Å²) < 4.78 is 1.95. The molecule has 0 radical (unpaired) electrons. The Balaban J connectivity index is 1.45. The number of carbonyl (C=O) groups excluding carboxylic acids is 1. The van der Waals surface area contributed by atoms with Crippen molar-refractivity contribution in [3.05, 3.63) is 23.5 Å². The molecule has 0 aliphatic heterocycles. The highest BCUT2D eigenvalue weighted by molar-refractivity contribution is 6.05. The number of nitrogens with zero attached hydrogens (tertiary/aromatic N) is 2. The normalized spacial score (nSPS) is 44.2. The zero-order valence-corrected chi connectivity index (χ0v) is 17.9. The van der Waals surface area contributed by atoms with Crippen molar-refractivity contribution in [2.75, 3.05) is 0 Å². The number of allylic oxidation sites excluding steroid dienone is 1. The van der Waals surface area contributed by atoms with Crippen LogP contribution in [0, 0.1) is 34.5 Å². The third-order valence-corrected chi connectivity index (χ3v) is 9.54. The van der Waals surface area contributed by atoms with Crippen molar-refractivity contribution in [2.45, 2.75) is 85.1 Å². The summed E-state index contributed by atoms with van der Waals surface area (Å²) in [5, 5.41) is 4.39. The molecule has 0 amide bonds. The van der Waals surface area contributed by atoms with Crippen molar-refractivity contribution < 1.29 is 4.79 Å². The Kier molecular flexibility index (Phi) is 4.37. The zero-order chi connectivity index (χ0) is 19.5. The van der Waals surface area contributed by atoms with Gasteiger partial charge in [-0.2, -0.15) is 5.10 Å². The summed E-state index contributed by atoms with van der Waals surface area (Å²) in [6, 6.07) is 0. The lowest BCUT2D eigenvalue weighted by Crippen LogP contribution is -2.52. The van der Waals surface area contributed by atoms with Crippen molar-refractivity contribution >= 4 is 11.9 Å². The van der Waals surface area contributed by atoms with Crippen molar-refractivity contribution in [1.29, 1.82) is 0 Å². The Hall–Kier alpha value is -1.38. The van der Waals surface area contributed by atoms with Gasteiger partial charge in [0.1, 0.15) is 0 Å². The Bertz CT molecular complexity index is 807. The van der Waals surface area contributed by atoms with Gasteiger partial charge in [-0.25, -0.2) is 0 Å². The van der Waals surface area contributed by atoms with Gasteiger partial charge < -0.3 is 0 Å². The lowest BCUT2D eigenvalue weighted by molar-refractivity contribution is -0.137. The number of rotatable bonds is 2. The average Bonchev–Trinajstić information content (AvgIpc) is 3.25. The second kappa shape index (κ2) is 6.57. The largest absolute Gasteiger partial charge is 0.294 e. The second-order valence-corrected chi connectivity index (χ2v) is 10.7. The molecule has 4 aliphatic rings. The minimum absolute atomic E-state index is 0.119. The number of Topliss-reactive ketones (excluding diaryl/α,β-unsaturated/α-hetero) is 1. The van der Waals surface area contributed by atoms with E-state index < -0.39 is 0 Å². The summed E-state index contributed by atoms with van der Waals surface area (Å²) in [5.74, 6) is 3.55. The lowest BCUT2D eigenvalue weighted by Gasteiger charge is -2.59. The third kappa shape index (κ3) is 2.60. The van der Waals surface area contributed by atoms with Crippen LogP contribution in [0.15, 0.2) is 18.0 Å². The number of fused-ring (bicyclic) bond motifs is 5. The molecule has 1 aromatic heterocycles. The fraction of sp³-hybridized carbons (Fsp3) is 0.760.